The molecule has 1 aromatic rings. The van der Waals surface area contributed by atoms with E-state index in [1.165, 1.54) is 6.42 Å². The summed E-state index contributed by atoms with van der Waals surface area (Å²) in [5, 5.41) is 3.33. The molecule has 1 N–H and O–H groups in total. The predicted octanol–water partition coefficient (Wildman–Crippen LogP) is 2.11. The molecule has 1 atom stereocenters. The number of hydrogen-bond donors (Lipinski definition) is 1. The summed E-state index contributed by atoms with van der Waals surface area (Å²) in [5.74, 6) is 0. The minimum absolute atomic E-state index is 0.359. The van der Waals surface area contributed by atoms with E-state index in [9.17, 15) is 0 Å². The second kappa shape index (κ2) is 5.58. The summed E-state index contributed by atoms with van der Waals surface area (Å²) in [4.78, 5) is 4.11. The summed E-state index contributed by atoms with van der Waals surface area (Å²) >= 11 is 3.40. The Hall–Kier alpha value is -0.450. The van der Waals surface area contributed by atoms with E-state index in [1.54, 1.807) is 6.20 Å². The maximum Gasteiger partial charge on any atom is 0.0736 e. The lowest BCUT2D eigenvalue weighted by molar-refractivity contribution is 0.0251. The molecular formula is C11H15BrN2O. The Balaban J connectivity index is 1.81. The van der Waals surface area contributed by atoms with Crippen LogP contribution in [0.2, 0.25) is 0 Å². The van der Waals surface area contributed by atoms with Gasteiger partial charge in [0.25, 0.3) is 0 Å². The van der Waals surface area contributed by atoms with Crippen molar-refractivity contribution in [3.8, 4) is 0 Å². The zero-order chi connectivity index (χ0) is 10.5. The average molecular weight is 271 g/mol. The van der Waals surface area contributed by atoms with Crippen LogP contribution in [-0.4, -0.2) is 24.2 Å². The maximum atomic E-state index is 5.80. The number of piperidine rings is 1. The van der Waals surface area contributed by atoms with Gasteiger partial charge in [-0.25, -0.2) is 0 Å². The zero-order valence-electron chi connectivity index (χ0n) is 8.58. The molecule has 4 heteroatoms. The maximum absolute atomic E-state index is 5.80. The van der Waals surface area contributed by atoms with Crippen LogP contribution >= 0.6 is 15.9 Å². The van der Waals surface area contributed by atoms with Gasteiger partial charge in [-0.15, -0.1) is 0 Å². The Morgan fingerprint density at radius 3 is 3.20 bits per heavy atom. The number of halogens is 1. The summed E-state index contributed by atoms with van der Waals surface area (Å²) in [5.41, 5.74) is 1.12. The molecule has 2 heterocycles. The van der Waals surface area contributed by atoms with Gasteiger partial charge in [0.2, 0.25) is 0 Å². The van der Waals surface area contributed by atoms with E-state index in [-0.39, 0.29) is 0 Å². The third kappa shape index (κ3) is 3.55. The molecule has 1 fully saturated rings. The highest BCUT2D eigenvalue weighted by molar-refractivity contribution is 9.10. The van der Waals surface area contributed by atoms with Crippen molar-refractivity contribution in [3.05, 3.63) is 28.5 Å². The summed E-state index contributed by atoms with van der Waals surface area (Å²) in [6.07, 6.45) is 6.36. The van der Waals surface area contributed by atoms with Gasteiger partial charge >= 0.3 is 0 Å². The molecule has 3 nitrogen and oxygen atoms in total. The summed E-state index contributed by atoms with van der Waals surface area (Å²) < 4.78 is 6.81. The predicted molar refractivity (Wildman–Crippen MR) is 62.6 cm³/mol. The van der Waals surface area contributed by atoms with Gasteiger partial charge in [0.1, 0.15) is 0 Å². The largest absolute Gasteiger partial charge is 0.372 e. The molecule has 0 saturated carbocycles. The molecule has 1 saturated heterocycles. The molecule has 0 spiro atoms. The van der Waals surface area contributed by atoms with E-state index < -0.39 is 0 Å². The molecule has 0 aliphatic carbocycles. The fourth-order valence-electron chi connectivity index (χ4n) is 1.71. The second-order valence-electron chi connectivity index (χ2n) is 3.79. The first-order chi connectivity index (χ1) is 7.34. The van der Waals surface area contributed by atoms with Crippen molar-refractivity contribution in [1.82, 2.24) is 10.3 Å². The van der Waals surface area contributed by atoms with Crippen molar-refractivity contribution in [2.24, 2.45) is 0 Å². The quantitative estimate of drug-likeness (QED) is 0.914. The molecule has 1 aliphatic heterocycles. The summed E-state index contributed by atoms with van der Waals surface area (Å²) in [7, 11) is 0. The van der Waals surface area contributed by atoms with Crippen molar-refractivity contribution in [2.75, 3.05) is 13.1 Å². The number of ether oxygens (including phenoxy) is 1. The van der Waals surface area contributed by atoms with E-state index in [2.05, 4.69) is 26.2 Å². The number of hydrogen-bond acceptors (Lipinski definition) is 3. The van der Waals surface area contributed by atoms with Gasteiger partial charge in [-0.2, -0.15) is 0 Å². The normalized spacial score (nSPS) is 21.5. The SMILES string of the molecule is Brc1cncc(CO[C@H]2CCCNC2)c1. The Morgan fingerprint density at radius 2 is 2.47 bits per heavy atom. The first-order valence-electron chi connectivity index (χ1n) is 5.26. The summed E-state index contributed by atoms with van der Waals surface area (Å²) in [6.45, 7) is 2.75. The highest BCUT2D eigenvalue weighted by Crippen LogP contribution is 2.13. The van der Waals surface area contributed by atoms with Gasteiger partial charge in [-0.1, -0.05) is 0 Å². The van der Waals surface area contributed by atoms with Crippen molar-refractivity contribution in [1.29, 1.82) is 0 Å². The Labute approximate surface area is 98.4 Å². The summed E-state index contributed by atoms with van der Waals surface area (Å²) in [6, 6.07) is 2.04. The highest BCUT2D eigenvalue weighted by Gasteiger charge is 2.12. The Kier molecular flexibility index (Phi) is 4.11. The number of nitrogens with one attached hydrogen (secondary N) is 1. The van der Waals surface area contributed by atoms with Gasteiger partial charge in [0, 0.05) is 23.4 Å². The fraction of sp³-hybridized carbons (Fsp3) is 0.545. The van der Waals surface area contributed by atoms with Crippen molar-refractivity contribution in [2.45, 2.75) is 25.6 Å². The minimum Gasteiger partial charge on any atom is -0.372 e. The van der Waals surface area contributed by atoms with Crippen LogP contribution in [-0.2, 0) is 11.3 Å². The van der Waals surface area contributed by atoms with Crippen LogP contribution in [0, 0.1) is 0 Å². The number of nitrogens with zero attached hydrogens (tertiary/aromatic N) is 1. The molecule has 1 aromatic heterocycles. The topological polar surface area (TPSA) is 34.1 Å². The molecular weight excluding hydrogens is 256 g/mol. The van der Waals surface area contributed by atoms with Crippen LogP contribution in [0.15, 0.2) is 22.9 Å². The van der Waals surface area contributed by atoms with Crippen molar-refractivity contribution < 1.29 is 4.74 Å². The lowest BCUT2D eigenvalue weighted by atomic mass is 10.1. The van der Waals surface area contributed by atoms with Gasteiger partial charge in [-0.3, -0.25) is 4.98 Å². The molecule has 0 unspecified atom stereocenters. The van der Waals surface area contributed by atoms with Gasteiger partial charge in [0.15, 0.2) is 0 Å². The average Bonchev–Trinajstić information content (AvgIpc) is 2.28. The standard InChI is InChI=1S/C11H15BrN2O/c12-10-4-9(5-14-6-10)8-15-11-2-1-3-13-7-11/h4-6,11,13H,1-3,7-8H2/t11-/m0/s1. The van der Waals surface area contributed by atoms with Crippen LogP contribution in [0.25, 0.3) is 0 Å². The Morgan fingerprint density at radius 1 is 1.53 bits per heavy atom. The van der Waals surface area contributed by atoms with E-state index in [0.29, 0.717) is 12.7 Å². The third-order valence-corrected chi connectivity index (χ3v) is 2.93. The number of rotatable bonds is 3. The smallest absolute Gasteiger partial charge is 0.0736 e. The van der Waals surface area contributed by atoms with Gasteiger partial charge in [0.05, 0.1) is 12.7 Å². The molecule has 15 heavy (non-hydrogen) atoms. The lowest BCUT2D eigenvalue weighted by Gasteiger charge is -2.23. The van der Waals surface area contributed by atoms with E-state index in [4.69, 9.17) is 4.74 Å². The molecule has 0 bridgehead atoms. The van der Waals surface area contributed by atoms with E-state index in [0.717, 1.165) is 29.5 Å². The third-order valence-electron chi connectivity index (χ3n) is 2.50. The fourth-order valence-corrected chi connectivity index (χ4v) is 2.12. The molecule has 1 aliphatic rings. The molecule has 82 valence electrons. The number of pyridine rings is 1. The van der Waals surface area contributed by atoms with Crippen molar-refractivity contribution >= 4 is 15.9 Å². The minimum atomic E-state index is 0.359. The van der Waals surface area contributed by atoms with E-state index in [1.807, 2.05) is 12.3 Å². The number of aromatic nitrogens is 1. The first-order valence-corrected chi connectivity index (χ1v) is 6.05. The molecule has 0 aromatic carbocycles. The van der Waals surface area contributed by atoms with Gasteiger partial charge < -0.3 is 10.1 Å². The van der Waals surface area contributed by atoms with Crippen LogP contribution in [0.4, 0.5) is 0 Å². The molecule has 0 amide bonds. The first kappa shape index (κ1) is 11.0. The van der Waals surface area contributed by atoms with Crippen LogP contribution in [0.1, 0.15) is 18.4 Å². The van der Waals surface area contributed by atoms with Crippen LogP contribution in [0.5, 0.6) is 0 Å². The zero-order valence-corrected chi connectivity index (χ0v) is 10.2. The molecule has 2 rings (SSSR count). The van der Waals surface area contributed by atoms with Crippen molar-refractivity contribution in [3.63, 3.8) is 0 Å². The Bertz CT molecular complexity index is 313. The highest BCUT2D eigenvalue weighted by atomic mass is 79.9. The molecule has 0 radical (unpaired) electrons. The lowest BCUT2D eigenvalue weighted by Crippen LogP contribution is -2.35. The van der Waals surface area contributed by atoms with Crippen LogP contribution < -0.4 is 5.32 Å². The van der Waals surface area contributed by atoms with Gasteiger partial charge in [-0.05, 0) is 46.9 Å². The monoisotopic (exact) mass is 270 g/mol. The van der Waals surface area contributed by atoms with Crippen LogP contribution in [0.3, 0.4) is 0 Å². The van der Waals surface area contributed by atoms with E-state index >= 15 is 0 Å². The second-order valence-corrected chi connectivity index (χ2v) is 4.71.